The number of benzene rings is 2. The van der Waals surface area contributed by atoms with Crippen molar-refractivity contribution < 1.29 is 4.74 Å². The minimum absolute atomic E-state index is 0.100. The fraction of sp³-hybridized carbons (Fsp3) is 0.368. The lowest BCUT2D eigenvalue weighted by Gasteiger charge is -2.19. The van der Waals surface area contributed by atoms with Crippen molar-refractivity contribution in [3.63, 3.8) is 0 Å². The zero-order valence-corrected chi connectivity index (χ0v) is 13.4. The van der Waals surface area contributed by atoms with E-state index in [0.29, 0.717) is 0 Å². The lowest BCUT2D eigenvalue weighted by atomic mass is 9.87. The number of rotatable bonds is 4. The van der Waals surface area contributed by atoms with Gasteiger partial charge < -0.3 is 10.5 Å². The minimum Gasteiger partial charge on any atom is -0.457 e. The molecule has 0 saturated carbocycles. The van der Waals surface area contributed by atoms with Gasteiger partial charge in [0.1, 0.15) is 11.5 Å². The summed E-state index contributed by atoms with van der Waals surface area (Å²) in [6.07, 6.45) is 0.938. The Morgan fingerprint density at radius 3 is 2.24 bits per heavy atom. The molecule has 2 aromatic carbocycles. The molecule has 2 N–H and O–H groups in total. The Kier molecular flexibility index (Phi) is 4.69. The topological polar surface area (TPSA) is 35.2 Å². The molecule has 0 aliphatic rings. The Labute approximate surface area is 127 Å². The van der Waals surface area contributed by atoms with E-state index < -0.39 is 0 Å². The second-order valence-corrected chi connectivity index (χ2v) is 6.46. The molecule has 2 rings (SSSR count). The minimum atomic E-state index is 0.100. The van der Waals surface area contributed by atoms with E-state index in [9.17, 15) is 0 Å². The van der Waals surface area contributed by atoms with E-state index in [2.05, 4.69) is 39.8 Å². The monoisotopic (exact) mass is 283 g/mol. The van der Waals surface area contributed by atoms with Crippen molar-refractivity contribution in [3.05, 3.63) is 59.7 Å². The van der Waals surface area contributed by atoms with Crippen molar-refractivity contribution in [2.75, 3.05) is 0 Å². The van der Waals surface area contributed by atoms with Crippen LogP contribution in [0.2, 0.25) is 0 Å². The van der Waals surface area contributed by atoms with E-state index in [-0.39, 0.29) is 11.5 Å². The zero-order valence-electron chi connectivity index (χ0n) is 13.4. The first kappa shape index (κ1) is 15.6. The molecule has 1 atom stereocenters. The molecule has 0 unspecified atom stereocenters. The van der Waals surface area contributed by atoms with Gasteiger partial charge in [-0.15, -0.1) is 0 Å². The predicted octanol–water partition coefficient (Wildman–Crippen LogP) is 5.19. The van der Waals surface area contributed by atoms with Crippen molar-refractivity contribution in [1.29, 1.82) is 0 Å². The summed E-state index contributed by atoms with van der Waals surface area (Å²) in [6.45, 7) is 8.69. The van der Waals surface area contributed by atoms with Gasteiger partial charge in [-0.3, -0.25) is 0 Å². The predicted molar refractivity (Wildman–Crippen MR) is 88.9 cm³/mol. The van der Waals surface area contributed by atoms with Crippen LogP contribution < -0.4 is 10.5 Å². The summed E-state index contributed by atoms with van der Waals surface area (Å²) >= 11 is 0. The van der Waals surface area contributed by atoms with E-state index >= 15 is 0 Å². The molecule has 2 nitrogen and oxygen atoms in total. The van der Waals surface area contributed by atoms with Gasteiger partial charge in [0.2, 0.25) is 0 Å². The highest BCUT2D eigenvalue weighted by Gasteiger charge is 2.14. The Morgan fingerprint density at radius 2 is 1.67 bits per heavy atom. The molecule has 2 heteroatoms. The molecule has 0 heterocycles. The van der Waals surface area contributed by atoms with E-state index in [1.807, 2.05) is 36.4 Å². The smallest absolute Gasteiger partial charge is 0.127 e. The van der Waals surface area contributed by atoms with Gasteiger partial charge in [0.15, 0.2) is 0 Å². The number of hydrogen-bond acceptors (Lipinski definition) is 2. The van der Waals surface area contributed by atoms with Gasteiger partial charge in [-0.1, -0.05) is 52.0 Å². The summed E-state index contributed by atoms with van der Waals surface area (Å²) < 4.78 is 5.94. The molecule has 0 amide bonds. The third kappa shape index (κ3) is 4.08. The van der Waals surface area contributed by atoms with Crippen LogP contribution in [0.4, 0.5) is 0 Å². The van der Waals surface area contributed by atoms with Crippen LogP contribution in [-0.4, -0.2) is 0 Å². The van der Waals surface area contributed by atoms with Crippen molar-refractivity contribution >= 4 is 0 Å². The molecule has 0 aliphatic heterocycles. The zero-order chi connectivity index (χ0) is 15.5. The molecule has 0 saturated heterocycles. The summed E-state index contributed by atoms with van der Waals surface area (Å²) in [5.74, 6) is 1.71. The van der Waals surface area contributed by atoms with Gasteiger partial charge in [-0.05, 0) is 47.2 Å². The van der Waals surface area contributed by atoms with E-state index in [4.69, 9.17) is 10.5 Å². The van der Waals surface area contributed by atoms with E-state index in [1.54, 1.807) is 0 Å². The van der Waals surface area contributed by atoms with Crippen LogP contribution in [0.3, 0.4) is 0 Å². The Morgan fingerprint density at radius 1 is 1.00 bits per heavy atom. The van der Waals surface area contributed by atoms with Crippen LogP contribution in [-0.2, 0) is 5.41 Å². The average Bonchev–Trinajstić information content (AvgIpc) is 2.47. The quantitative estimate of drug-likeness (QED) is 0.838. The number of ether oxygens (including phenoxy) is 1. The first-order chi connectivity index (χ1) is 9.90. The maximum absolute atomic E-state index is 6.02. The average molecular weight is 283 g/mol. The van der Waals surface area contributed by atoms with Crippen LogP contribution in [0.15, 0.2) is 48.5 Å². The van der Waals surface area contributed by atoms with Crippen molar-refractivity contribution in [1.82, 2.24) is 0 Å². The summed E-state index contributed by atoms with van der Waals surface area (Å²) in [5.41, 5.74) is 8.56. The molecule has 0 spiro atoms. The molecule has 0 bridgehead atoms. The molecule has 21 heavy (non-hydrogen) atoms. The molecular weight excluding hydrogens is 258 g/mol. The summed E-state index contributed by atoms with van der Waals surface area (Å²) in [4.78, 5) is 0. The van der Waals surface area contributed by atoms with Gasteiger partial charge in [-0.2, -0.15) is 0 Å². The molecule has 0 fully saturated rings. The van der Waals surface area contributed by atoms with Crippen LogP contribution >= 0.6 is 0 Å². The normalized spacial score (nSPS) is 13.0. The van der Waals surface area contributed by atoms with Crippen LogP contribution in [0.1, 0.15) is 51.3 Å². The van der Waals surface area contributed by atoms with Crippen LogP contribution in [0.5, 0.6) is 11.5 Å². The molecule has 0 aromatic heterocycles. The fourth-order valence-electron chi connectivity index (χ4n) is 2.18. The Bertz CT molecular complexity index is 581. The molecule has 112 valence electrons. The largest absolute Gasteiger partial charge is 0.457 e. The van der Waals surface area contributed by atoms with E-state index in [1.165, 1.54) is 5.56 Å². The maximum Gasteiger partial charge on any atom is 0.127 e. The Hall–Kier alpha value is -1.80. The summed E-state index contributed by atoms with van der Waals surface area (Å²) in [6, 6.07) is 16.4. The lowest BCUT2D eigenvalue weighted by Crippen LogP contribution is -2.10. The molecular formula is C19H25NO. The van der Waals surface area contributed by atoms with Gasteiger partial charge in [0.05, 0.1) is 0 Å². The first-order valence-corrected chi connectivity index (χ1v) is 7.54. The second kappa shape index (κ2) is 6.31. The number of hydrogen-bond donors (Lipinski definition) is 1. The van der Waals surface area contributed by atoms with Crippen molar-refractivity contribution in [3.8, 4) is 11.5 Å². The third-order valence-electron chi connectivity index (χ3n) is 3.68. The summed E-state index contributed by atoms with van der Waals surface area (Å²) in [7, 11) is 0. The van der Waals surface area contributed by atoms with Gasteiger partial charge in [-0.25, -0.2) is 0 Å². The third-order valence-corrected chi connectivity index (χ3v) is 3.68. The van der Waals surface area contributed by atoms with Gasteiger partial charge in [0, 0.05) is 6.04 Å². The standard InChI is InChI=1S/C19H25NO/c1-5-18(20)14-9-11-16(12-10-14)21-17-8-6-7-15(13-17)19(2,3)4/h6-13,18H,5,20H2,1-4H3/t18-/m1/s1. The molecule has 0 aliphatic carbocycles. The summed E-state index contributed by atoms with van der Waals surface area (Å²) in [5, 5.41) is 0. The van der Waals surface area contributed by atoms with Gasteiger partial charge in [0.25, 0.3) is 0 Å². The van der Waals surface area contributed by atoms with Crippen molar-refractivity contribution in [2.24, 2.45) is 5.73 Å². The Balaban J connectivity index is 2.15. The van der Waals surface area contributed by atoms with E-state index in [0.717, 1.165) is 23.5 Å². The molecule has 0 radical (unpaired) electrons. The number of nitrogens with two attached hydrogens (primary N) is 1. The lowest BCUT2D eigenvalue weighted by molar-refractivity contribution is 0.478. The highest BCUT2D eigenvalue weighted by Crippen LogP contribution is 2.29. The van der Waals surface area contributed by atoms with Crippen LogP contribution in [0, 0.1) is 0 Å². The van der Waals surface area contributed by atoms with Crippen LogP contribution in [0.25, 0.3) is 0 Å². The van der Waals surface area contributed by atoms with Crippen molar-refractivity contribution in [2.45, 2.75) is 45.6 Å². The second-order valence-electron chi connectivity index (χ2n) is 6.46. The van der Waals surface area contributed by atoms with Gasteiger partial charge >= 0.3 is 0 Å². The SMILES string of the molecule is CC[C@@H](N)c1ccc(Oc2cccc(C(C)(C)C)c2)cc1. The molecule has 2 aromatic rings. The maximum atomic E-state index is 6.02. The highest BCUT2D eigenvalue weighted by molar-refractivity contribution is 5.37. The first-order valence-electron chi connectivity index (χ1n) is 7.54. The fourth-order valence-corrected chi connectivity index (χ4v) is 2.18. The highest BCUT2D eigenvalue weighted by atomic mass is 16.5.